The van der Waals surface area contributed by atoms with Gasteiger partial charge in [-0.15, -0.1) is 11.8 Å². The summed E-state index contributed by atoms with van der Waals surface area (Å²) in [7, 11) is 1.65. The smallest absolute Gasteiger partial charge is 0.254 e. The Balaban J connectivity index is 1.82. The Morgan fingerprint density at radius 2 is 2.17 bits per heavy atom. The quantitative estimate of drug-likeness (QED) is 0.789. The fraction of sp³-hybridized carbons (Fsp3) is 0.294. The minimum atomic E-state index is -0.610. The van der Waals surface area contributed by atoms with Crippen molar-refractivity contribution in [3.63, 3.8) is 0 Å². The van der Waals surface area contributed by atoms with E-state index in [1.807, 2.05) is 31.2 Å². The molecular weight excluding hydrogens is 315 g/mol. The molecule has 1 unspecified atom stereocenters. The van der Waals surface area contributed by atoms with Crippen molar-refractivity contribution in [3.8, 4) is 5.75 Å². The molecule has 2 rings (SSSR count). The number of pyridine rings is 1. The van der Waals surface area contributed by atoms with Crippen molar-refractivity contribution in [2.75, 3.05) is 19.4 Å². The first kappa shape index (κ1) is 17.3. The van der Waals surface area contributed by atoms with Gasteiger partial charge in [-0.1, -0.05) is 19.1 Å². The third-order valence-electron chi connectivity index (χ3n) is 3.22. The van der Waals surface area contributed by atoms with E-state index in [2.05, 4.69) is 10.3 Å². The Bertz CT molecular complexity index is 667. The van der Waals surface area contributed by atoms with Gasteiger partial charge in [0.15, 0.2) is 5.82 Å². The third kappa shape index (κ3) is 4.96. The van der Waals surface area contributed by atoms with Crippen LogP contribution in [0.4, 0.5) is 4.39 Å². The van der Waals surface area contributed by atoms with Gasteiger partial charge in [-0.3, -0.25) is 9.78 Å². The average Bonchev–Trinajstić information content (AvgIpc) is 2.58. The van der Waals surface area contributed by atoms with Crippen LogP contribution in [-0.2, 0) is 0 Å². The number of hydrogen-bond acceptors (Lipinski definition) is 4. The number of thioether (sulfide) groups is 1. The minimum absolute atomic E-state index is 0.0181. The van der Waals surface area contributed by atoms with Crippen molar-refractivity contribution in [1.29, 1.82) is 0 Å². The molecule has 6 heteroatoms. The first-order chi connectivity index (χ1) is 11.1. The number of halogens is 1. The molecule has 1 heterocycles. The molecule has 0 saturated heterocycles. The Hall–Kier alpha value is -2.08. The van der Waals surface area contributed by atoms with Crippen molar-refractivity contribution < 1.29 is 13.9 Å². The van der Waals surface area contributed by atoms with Crippen LogP contribution in [-0.4, -0.2) is 30.3 Å². The summed E-state index contributed by atoms with van der Waals surface area (Å²) in [5.41, 5.74) is 0.0181. The second-order valence-electron chi connectivity index (χ2n) is 5.13. The SMILES string of the molecule is COc1ccccc1SCC(C)CNC(=O)c1ccncc1F. The molecule has 4 nitrogen and oxygen atoms in total. The second-order valence-corrected chi connectivity index (χ2v) is 6.19. The number of carbonyl (C=O) groups is 1. The number of amides is 1. The predicted molar refractivity (Wildman–Crippen MR) is 89.4 cm³/mol. The normalized spacial score (nSPS) is 11.8. The maximum Gasteiger partial charge on any atom is 0.254 e. The second kappa shape index (κ2) is 8.53. The zero-order valence-electron chi connectivity index (χ0n) is 13.1. The number of aromatic nitrogens is 1. The van der Waals surface area contributed by atoms with Crippen LogP contribution in [0.1, 0.15) is 17.3 Å². The molecule has 0 saturated carbocycles. The first-order valence-electron chi connectivity index (χ1n) is 7.25. The summed E-state index contributed by atoms with van der Waals surface area (Å²) in [6.45, 7) is 2.51. The molecule has 0 aliphatic heterocycles. The zero-order valence-corrected chi connectivity index (χ0v) is 13.9. The lowest BCUT2D eigenvalue weighted by atomic mass is 10.2. The Morgan fingerprint density at radius 1 is 1.39 bits per heavy atom. The van der Waals surface area contributed by atoms with Crippen molar-refractivity contribution in [1.82, 2.24) is 10.3 Å². The summed E-state index contributed by atoms with van der Waals surface area (Å²) in [5, 5.41) is 2.75. The van der Waals surface area contributed by atoms with Crippen molar-refractivity contribution in [2.24, 2.45) is 5.92 Å². The first-order valence-corrected chi connectivity index (χ1v) is 8.24. The molecule has 0 aliphatic rings. The number of benzene rings is 1. The van der Waals surface area contributed by atoms with Crippen LogP contribution >= 0.6 is 11.8 Å². The van der Waals surface area contributed by atoms with Crippen molar-refractivity contribution in [3.05, 3.63) is 54.1 Å². The van der Waals surface area contributed by atoms with Gasteiger partial charge in [0.1, 0.15) is 5.75 Å². The molecule has 0 aliphatic carbocycles. The van der Waals surface area contributed by atoms with Crippen LogP contribution in [0.3, 0.4) is 0 Å². The molecular formula is C17H19FN2O2S. The molecule has 122 valence electrons. The lowest BCUT2D eigenvalue weighted by Crippen LogP contribution is -2.29. The Labute approximate surface area is 139 Å². The predicted octanol–water partition coefficient (Wildman–Crippen LogP) is 3.39. The molecule has 23 heavy (non-hydrogen) atoms. The largest absolute Gasteiger partial charge is 0.496 e. The monoisotopic (exact) mass is 334 g/mol. The standard InChI is InChI=1S/C17H19FN2O2S/c1-12(11-23-16-6-4-3-5-15(16)22-2)9-20-17(21)13-7-8-19-10-14(13)18/h3-8,10,12H,9,11H2,1-2H3,(H,20,21). The van der Waals surface area contributed by atoms with Crippen LogP contribution in [0, 0.1) is 11.7 Å². The molecule has 1 amide bonds. The van der Waals surface area contributed by atoms with Crippen LogP contribution in [0.5, 0.6) is 5.75 Å². The number of nitrogens with one attached hydrogen (secondary N) is 1. The molecule has 0 spiro atoms. The summed E-state index contributed by atoms with van der Waals surface area (Å²) in [5.74, 6) is 0.867. The summed E-state index contributed by atoms with van der Waals surface area (Å²) >= 11 is 1.67. The fourth-order valence-corrected chi connectivity index (χ4v) is 3.00. The van der Waals surface area contributed by atoms with Crippen LogP contribution in [0.2, 0.25) is 0 Å². The Kier molecular flexibility index (Phi) is 6.40. The van der Waals surface area contributed by atoms with E-state index in [4.69, 9.17) is 4.74 Å². The topological polar surface area (TPSA) is 51.2 Å². The van der Waals surface area contributed by atoms with Gasteiger partial charge in [0, 0.05) is 23.4 Å². The average molecular weight is 334 g/mol. The number of carbonyl (C=O) groups excluding carboxylic acids is 1. The van der Waals surface area contributed by atoms with E-state index in [-0.39, 0.29) is 11.5 Å². The Morgan fingerprint density at radius 3 is 2.91 bits per heavy atom. The van der Waals surface area contributed by atoms with Crippen LogP contribution in [0.15, 0.2) is 47.6 Å². The molecule has 1 atom stereocenters. The maximum absolute atomic E-state index is 13.5. The fourth-order valence-electron chi connectivity index (χ4n) is 1.95. The van der Waals surface area contributed by atoms with Crippen LogP contribution in [0.25, 0.3) is 0 Å². The van der Waals surface area contributed by atoms with Gasteiger partial charge < -0.3 is 10.1 Å². The van der Waals surface area contributed by atoms with Gasteiger partial charge in [0.2, 0.25) is 0 Å². The third-order valence-corrected chi connectivity index (χ3v) is 4.60. The molecule has 1 aromatic heterocycles. The maximum atomic E-state index is 13.5. The molecule has 2 aromatic rings. The number of rotatable bonds is 7. The van der Waals surface area contributed by atoms with E-state index in [1.165, 1.54) is 12.3 Å². The van der Waals surface area contributed by atoms with E-state index < -0.39 is 11.7 Å². The lowest BCUT2D eigenvalue weighted by molar-refractivity contribution is 0.0945. The summed E-state index contributed by atoms with van der Waals surface area (Å²) in [6.07, 6.45) is 2.44. The number of hydrogen-bond donors (Lipinski definition) is 1. The van der Waals surface area contributed by atoms with Gasteiger partial charge >= 0.3 is 0 Å². The molecule has 0 bridgehead atoms. The number of methoxy groups -OCH3 is 1. The van der Waals surface area contributed by atoms with Gasteiger partial charge in [-0.25, -0.2) is 4.39 Å². The van der Waals surface area contributed by atoms with Gasteiger partial charge in [0.25, 0.3) is 5.91 Å². The minimum Gasteiger partial charge on any atom is -0.496 e. The van der Waals surface area contributed by atoms with Crippen molar-refractivity contribution >= 4 is 17.7 Å². The number of ether oxygens (including phenoxy) is 1. The number of para-hydroxylation sites is 1. The molecule has 1 aromatic carbocycles. The van der Waals surface area contributed by atoms with Crippen molar-refractivity contribution in [2.45, 2.75) is 11.8 Å². The summed E-state index contributed by atoms with van der Waals surface area (Å²) in [6, 6.07) is 9.18. The molecule has 0 radical (unpaired) electrons. The van der Waals surface area contributed by atoms with Gasteiger partial charge in [-0.05, 0) is 24.1 Å². The summed E-state index contributed by atoms with van der Waals surface area (Å²) < 4.78 is 18.8. The highest BCUT2D eigenvalue weighted by Crippen LogP contribution is 2.29. The van der Waals surface area contributed by atoms with Gasteiger partial charge in [0.05, 0.1) is 18.9 Å². The highest BCUT2D eigenvalue weighted by atomic mass is 32.2. The lowest BCUT2D eigenvalue weighted by Gasteiger charge is -2.14. The van der Waals surface area contributed by atoms with E-state index in [0.29, 0.717) is 6.54 Å². The van der Waals surface area contributed by atoms with Gasteiger partial charge in [-0.2, -0.15) is 0 Å². The summed E-state index contributed by atoms with van der Waals surface area (Å²) in [4.78, 5) is 16.6. The molecule has 1 N–H and O–H groups in total. The zero-order chi connectivity index (χ0) is 16.7. The van der Waals surface area contributed by atoms with Crippen LogP contribution < -0.4 is 10.1 Å². The molecule has 0 fully saturated rings. The highest BCUT2D eigenvalue weighted by Gasteiger charge is 2.13. The van der Waals surface area contributed by atoms with E-state index in [9.17, 15) is 9.18 Å². The highest BCUT2D eigenvalue weighted by molar-refractivity contribution is 7.99. The van der Waals surface area contributed by atoms with E-state index >= 15 is 0 Å². The van der Waals surface area contributed by atoms with E-state index in [0.717, 1.165) is 22.6 Å². The van der Waals surface area contributed by atoms with E-state index in [1.54, 1.807) is 18.9 Å². The number of nitrogens with zero attached hydrogens (tertiary/aromatic N) is 1.